The van der Waals surface area contributed by atoms with Crippen LogP contribution >= 0.6 is 11.8 Å². The van der Waals surface area contributed by atoms with E-state index < -0.39 is 34.7 Å². The molecule has 214 valence electrons. The van der Waals surface area contributed by atoms with Crippen LogP contribution in [0, 0.1) is 5.92 Å². The molecule has 1 heterocycles. The molecule has 1 saturated heterocycles. The summed E-state index contributed by atoms with van der Waals surface area (Å²) in [7, 11) is 0. The molecule has 4 rings (SSSR count). The smallest absolute Gasteiger partial charge is 0.410 e. The number of aliphatic carboxylic acids is 1. The van der Waals surface area contributed by atoms with Crippen LogP contribution in [-0.2, 0) is 23.8 Å². The number of esters is 1. The summed E-state index contributed by atoms with van der Waals surface area (Å²) >= 11 is 1.69. The first-order valence-electron chi connectivity index (χ1n) is 13.7. The minimum Gasteiger partial charge on any atom is -0.481 e. The molecule has 41 heavy (non-hydrogen) atoms. The fourth-order valence-electron chi connectivity index (χ4n) is 5.48. The normalized spacial score (nSPS) is 17.4. The lowest BCUT2D eigenvalue weighted by Crippen LogP contribution is -2.44. The van der Waals surface area contributed by atoms with Crippen LogP contribution in [0.15, 0.2) is 104 Å². The molecule has 0 spiro atoms. The molecule has 1 fully saturated rings. The Labute approximate surface area is 245 Å². The maximum atomic E-state index is 13.2. The second-order valence-electron chi connectivity index (χ2n) is 9.79. The van der Waals surface area contributed by atoms with Gasteiger partial charge in [-0.25, -0.2) is 4.79 Å². The molecule has 0 aromatic heterocycles. The summed E-state index contributed by atoms with van der Waals surface area (Å²) in [6, 6.07) is 29.8. The van der Waals surface area contributed by atoms with Crippen LogP contribution in [0.5, 0.6) is 0 Å². The van der Waals surface area contributed by atoms with Crippen molar-refractivity contribution in [1.29, 1.82) is 0 Å². The van der Waals surface area contributed by atoms with E-state index >= 15 is 0 Å². The third-order valence-electron chi connectivity index (χ3n) is 7.22. The number of ether oxygens (including phenoxy) is 2. The largest absolute Gasteiger partial charge is 0.481 e. The highest BCUT2D eigenvalue weighted by Crippen LogP contribution is 2.52. The number of carboxylic acid groups (broad SMARTS) is 1. The van der Waals surface area contributed by atoms with Crippen LogP contribution in [0.3, 0.4) is 0 Å². The number of likely N-dealkylation sites (tertiary alicyclic amines) is 1. The highest BCUT2D eigenvalue weighted by atomic mass is 32.2. The van der Waals surface area contributed by atoms with Crippen molar-refractivity contribution < 1.29 is 29.0 Å². The molecular formula is C33H35NO6S. The zero-order valence-corrected chi connectivity index (χ0v) is 23.9. The summed E-state index contributed by atoms with van der Waals surface area (Å²) in [4.78, 5) is 39.5. The van der Waals surface area contributed by atoms with Gasteiger partial charge in [-0.15, -0.1) is 11.8 Å². The Kier molecular flexibility index (Phi) is 10.2. The van der Waals surface area contributed by atoms with Crippen LogP contribution in [-0.4, -0.2) is 59.1 Å². The Morgan fingerprint density at radius 3 is 1.90 bits per heavy atom. The van der Waals surface area contributed by atoms with Gasteiger partial charge in [0.1, 0.15) is 6.61 Å². The zero-order chi connectivity index (χ0) is 29.2. The van der Waals surface area contributed by atoms with Crippen LogP contribution < -0.4 is 0 Å². The highest BCUT2D eigenvalue weighted by molar-refractivity contribution is 8.01. The van der Waals surface area contributed by atoms with Gasteiger partial charge in [0.2, 0.25) is 0 Å². The first-order chi connectivity index (χ1) is 19.9. The van der Waals surface area contributed by atoms with Crippen LogP contribution in [0.25, 0.3) is 0 Å². The maximum Gasteiger partial charge on any atom is 0.410 e. The van der Waals surface area contributed by atoms with Gasteiger partial charge < -0.3 is 19.5 Å². The molecule has 3 aromatic rings. The summed E-state index contributed by atoms with van der Waals surface area (Å²) in [6.45, 7) is 5.68. The summed E-state index contributed by atoms with van der Waals surface area (Å²) in [5, 5.41) is 9.99. The summed E-state index contributed by atoms with van der Waals surface area (Å²) < 4.78 is 9.79. The molecule has 3 atom stereocenters. The Hall–Kier alpha value is -4.04. The quantitative estimate of drug-likeness (QED) is 0.158. The monoisotopic (exact) mass is 573 g/mol. The predicted molar refractivity (Wildman–Crippen MR) is 160 cm³/mol. The summed E-state index contributed by atoms with van der Waals surface area (Å²) in [6.07, 6.45) is 0.863. The van der Waals surface area contributed by atoms with Gasteiger partial charge in [0, 0.05) is 11.8 Å². The van der Waals surface area contributed by atoms with E-state index in [0.717, 1.165) is 16.7 Å². The Morgan fingerprint density at radius 2 is 1.46 bits per heavy atom. The number of carbonyl (C=O) groups is 3. The van der Waals surface area contributed by atoms with E-state index in [1.165, 1.54) is 11.0 Å². The van der Waals surface area contributed by atoms with Crippen molar-refractivity contribution in [3.05, 3.63) is 120 Å². The molecule has 1 N–H and O–H groups in total. The predicted octanol–water partition coefficient (Wildman–Crippen LogP) is 6.13. The number of nitrogens with zero attached hydrogens (tertiary/aromatic N) is 1. The van der Waals surface area contributed by atoms with Gasteiger partial charge >= 0.3 is 18.0 Å². The van der Waals surface area contributed by atoms with E-state index in [0.29, 0.717) is 6.42 Å². The number of amides is 1. The van der Waals surface area contributed by atoms with Gasteiger partial charge in [0.05, 0.1) is 29.7 Å². The van der Waals surface area contributed by atoms with Gasteiger partial charge in [-0.2, -0.15) is 0 Å². The Morgan fingerprint density at radius 1 is 0.951 bits per heavy atom. The standard InChI is InChI=1S/C33H35NO6S/c1-3-20-40-32(38)34-23-27(21-29(34)28(31(36)37)22-30(35)39-4-2)41-33(24-14-8-5-9-15-24,25-16-10-6-11-17-25)26-18-12-7-13-19-26/h3,5-19,27-29H,1,4,20-23H2,2H3,(H,36,37). The average molecular weight is 574 g/mol. The molecule has 0 bridgehead atoms. The molecule has 1 aliphatic heterocycles. The fraction of sp³-hybridized carbons (Fsp3) is 0.303. The molecule has 0 saturated carbocycles. The van der Waals surface area contributed by atoms with Gasteiger partial charge in [0.25, 0.3) is 0 Å². The summed E-state index contributed by atoms with van der Waals surface area (Å²) in [5.41, 5.74) is 3.19. The first kappa shape index (κ1) is 29.9. The van der Waals surface area contributed by atoms with Crippen molar-refractivity contribution in [3.63, 3.8) is 0 Å². The minimum absolute atomic E-state index is 0.00252. The van der Waals surface area contributed by atoms with Crippen LogP contribution in [0.2, 0.25) is 0 Å². The zero-order valence-electron chi connectivity index (χ0n) is 23.1. The second kappa shape index (κ2) is 14.0. The van der Waals surface area contributed by atoms with Crippen molar-refractivity contribution in [1.82, 2.24) is 4.90 Å². The van der Waals surface area contributed by atoms with Crippen molar-refractivity contribution in [2.45, 2.75) is 35.8 Å². The number of benzene rings is 3. The van der Waals surface area contributed by atoms with Crippen molar-refractivity contribution >= 4 is 29.8 Å². The van der Waals surface area contributed by atoms with E-state index in [1.54, 1.807) is 18.7 Å². The summed E-state index contributed by atoms with van der Waals surface area (Å²) in [5.74, 6) is -2.91. The third-order valence-corrected chi connectivity index (χ3v) is 8.96. The van der Waals surface area contributed by atoms with Crippen molar-refractivity contribution in [2.24, 2.45) is 5.92 Å². The highest BCUT2D eigenvalue weighted by Gasteiger charge is 2.48. The number of carboxylic acids is 1. The third kappa shape index (κ3) is 6.82. The number of rotatable bonds is 12. The van der Waals surface area contributed by atoms with Crippen LogP contribution in [0.1, 0.15) is 36.5 Å². The fourth-order valence-corrected chi connectivity index (χ4v) is 7.32. The molecule has 0 radical (unpaired) electrons. The number of thioether (sulfide) groups is 1. The molecule has 0 aliphatic carbocycles. The Balaban J connectivity index is 1.78. The lowest BCUT2D eigenvalue weighted by Gasteiger charge is -2.37. The van der Waals surface area contributed by atoms with E-state index in [-0.39, 0.29) is 31.4 Å². The Bertz CT molecular complexity index is 1220. The van der Waals surface area contributed by atoms with Crippen molar-refractivity contribution in [2.75, 3.05) is 19.8 Å². The SMILES string of the molecule is C=CCOC(=O)N1CC(SC(c2ccccc2)(c2ccccc2)c2ccccc2)CC1C(CC(=O)OCC)C(=O)O. The van der Waals surface area contributed by atoms with E-state index in [2.05, 4.69) is 43.0 Å². The maximum absolute atomic E-state index is 13.2. The average Bonchev–Trinajstić information content (AvgIpc) is 3.42. The lowest BCUT2D eigenvalue weighted by molar-refractivity contribution is -0.153. The molecule has 3 unspecified atom stereocenters. The van der Waals surface area contributed by atoms with Crippen LogP contribution in [0.4, 0.5) is 4.79 Å². The van der Waals surface area contributed by atoms with Gasteiger partial charge in [-0.05, 0) is 30.0 Å². The van der Waals surface area contributed by atoms with E-state index in [9.17, 15) is 19.5 Å². The van der Waals surface area contributed by atoms with E-state index in [4.69, 9.17) is 9.47 Å². The van der Waals surface area contributed by atoms with E-state index in [1.807, 2.05) is 54.6 Å². The molecule has 1 aliphatic rings. The molecular weight excluding hydrogens is 538 g/mol. The second-order valence-corrected chi connectivity index (χ2v) is 11.3. The first-order valence-corrected chi connectivity index (χ1v) is 14.6. The molecule has 7 nitrogen and oxygen atoms in total. The molecule has 8 heteroatoms. The number of carbonyl (C=O) groups excluding carboxylic acids is 2. The topological polar surface area (TPSA) is 93.1 Å². The minimum atomic E-state index is -1.16. The van der Waals surface area contributed by atoms with Gasteiger partial charge in [-0.3, -0.25) is 9.59 Å². The molecule has 1 amide bonds. The number of hydrogen-bond acceptors (Lipinski definition) is 6. The van der Waals surface area contributed by atoms with Crippen molar-refractivity contribution in [3.8, 4) is 0 Å². The molecule has 3 aromatic carbocycles. The van der Waals surface area contributed by atoms with Gasteiger partial charge in [0.15, 0.2) is 0 Å². The lowest BCUT2D eigenvalue weighted by atomic mass is 9.84. The number of hydrogen-bond donors (Lipinski definition) is 1. The van der Waals surface area contributed by atoms with Gasteiger partial charge in [-0.1, -0.05) is 104 Å².